The van der Waals surface area contributed by atoms with Gasteiger partial charge < -0.3 is 5.11 Å². The summed E-state index contributed by atoms with van der Waals surface area (Å²) in [6, 6.07) is 8.58. The molecule has 2 fully saturated rings. The molecule has 1 aromatic carbocycles. The second kappa shape index (κ2) is 7.97. The monoisotopic (exact) mass is 370 g/mol. The molecular formula is C25H38O2. The second-order valence-electron chi connectivity index (χ2n) is 9.65. The van der Waals surface area contributed by atoms with Crippen LogP contribution in [0.1, 0.15) is 90.2 Å². The summed E-state index contributed by atoms with van der Waals surface area (Å²) in [5.41, 5.74) is 1.45. The Balaban J connectivity index is 2.18. The van der Waals surface area contributed by atoms with Crippen LogP contribution in [0.2, 0.25) is 0 Å². The minimum absolute atomic E-state index is 0.0813. The van der Waals surface area contributed by atoms with E-state index in [1.165, 1.54) is 44.1 Å². The molecule has 2 heteroatoms. The Bertz CT molecular complexity index is 639. The van der Waals surface area contributed by atoms with Gasteiger partial charge in [-0.1, -0.05) is 77.6 Å². The van der Waals surface area contributed by atoms with Crippen molar-refractivity contribution in [2.75, 3.05) is 0 Å². The van der Waals surface area contributed by atoms with Crippen molar-refractivity contribution in [3.63, 3.8) is 0 Å². The van der Waals surface area contributed by atoms with Gasteiger partial charge in [0.25, 0.3) is 0 Å². The largest absolute Gasteiger partial charge is 0.481 e. The lowest BCUT2D eigenvalue weighted by atomic mass is 9.47. The van der Waals surface area contributed by atoms with E-state index in [0.717, 1.165) is 30.7 Å². The van der Waals surface area contributed by atoms with Crippen molar-refractivity contribution in [3.05, 3.63) is 35.4 Å². The van der Waals surface area contributed by atoms with Gasteiger partial charge in [0.15, 0.2) is 0 Å². The van der Waals surface area contributed by atoms with Gasteiger partial charge in [-0.2, -0.15) is 0 Å². The van der Waals surface area contributed by atoms with Crippen LogP contribution in [0.5, 0.6) is 0 Å². The fourth-order valence-corrected chi connectivity index (χ4v) is 6.85. The molecule has 2 aliphatic rings. The van der Waals surface area contributed by atoms with Crippen molar-refractivity contribution in [1.29, 1.82) is 0 Å². The summed E-state index contributed by atoms with van der Waals surface area (Å²) in [6.07, 6.45) is 10.5. The minimum atomic E-state index is -0.780. The van der Waals surface area contributed by atoms with Crippen LogP contribution in [0, 0.1) is 23.2 Å². The molecule has 0 amide bonds. The number of aryl methyl sites for hydroxylation is 1. The number of benzene rings is 1. The van der Waals surface area contributed by atoms with Gasteiger partial charge in [0.05, 0.1) is 0 Å². The van der Waals surface area contributed by atoms with E-state index in [9.17, 15) is 9.90 Å². The standard InChI is InChI=1S/C25H38O2/c1-5-20-11-13-21(14-12-20)25(18(2)3,23(26)27)24(15-6-7-16-24)22-10-8-9-19(4)17-22/h11-14,18-19,22H,5-10,15-17H2,1-4H3,(H,26,27)/t19?,22?,25-/m0/s1. The van der Waals surface area contributed by atoms with Crippen LogP contribution in [-0.2, 0) is 16.6 Å². The van der Waals surface area contributed by atoms with E-state index in [1.807, 2.05) is 0 Å². The number of carboxylic acids is 1. The maximum Gasteiger partial charge on any atom is 0.314 e. The molecule has 3 rings (SSSR count). The molecule has 0 bridgehead atoms. The fraction of sp³-hybridized carbons (Fsp3) is 0.720. The van der Waals surface area contributed by atoms with Crippen LogP contribution in [0.15, 0.2) is 24.3 Å². The molecular weight excluding hydrogens is 332 g/mol. The van der Waals surface area contributed by atoms with Crippen LogP contribution in [0.25, 0.3) is 0 Å². The van der Waals surface area contributed by atoms with Gasteiger partial charge in [-0.3, -0.25) is 4.79 Å². The third kappa shape index (κ3) is 3.23. The smallest absolute Gasteiger partial charge is 0.314 e. The lowest BCUT2D eigenvalue weighted by Gasteiger charge is -2.55. The first-order valence-electron chi connectivity index (χ1n) is 11.2. The van der Waals surface area contributed by atoms with Crippen molar-refractivity contribution in [2.24, 2.45) is 23.2 Å². The Kier molecular flexibility index (Phi) is 6.03. The summed E-state index contributed by atoms with van der Waals surface area (Å²) in [6.45, 7) is 8.81. The molecule has 2 unspecified atom stereocenters. The molecule has 2 aliphatic carbocycles. The zero-order valence-corrected chi connectivity index (χ0v) is 17.8. The highest BCUT2D eigenvalue weighted by molar-refractivity contribution is 5.83. The number of hydrogen-bond donors (Lipinski definition) is 1. The van der Waals surface area contributed by atoms with Gasteiger partial charge >= 0.3 is 5.97 Å². The lowest BCUT2D eigenvalue weighted by Crippen LogP contribution is -2.57. The molecule has 27 heavy (non-hydrogen) atoms. The van der Waals surface area contributed by atoms with E-state index in [-0.39, 0.29) is 11.3 Å². The number of carbonyl (C=O) groups is 1. The highest BCUT2D eigenvalue weighted by Gasteiger charge is 2.63. The van der Waals surface area contributed by atoms with Crippen molar-refractivity contribution in [2.45, 2.75) is 90.9 Å². The lowest BCUT2D eigenvalue weighted by molar-refractivity contribution is -0.158. The molecule has 0 aromatic heterocycles. The fourth-order valence-electron chi connectivity index (χ4n) is 6.85. The van der Waals surface area contributed by atoms with Gasteiger partial charge in [0, 0.05) is 0 Å². The molecule has 0 radical (unpaired) electrons. The third-order valence-electron chi connectivity index (χ3n) is 8.02. The summed E-state index contributed by atoms with van der Waals surface area (Å²) in [5.74, 6) is 0.745. The minimum Gasteiger partial charge on any atom is -0.481 e. The summed E-state index contributed by atoms with van der Waals surface area (Å²) in [4.78, 5) is 13.1. The zero-order valence-electron chi connectivity index (χ0n) is 17.8. The van der Waals surface area contributed by atoms with Crippen molar-refractivity contribution in [3.8, 4) is 0 Å². The third-order valence-corrected chi connectivity index (χ3v) is 8.02. The molecule has 1 N–H and O–H groups in total. The molecule has 0 saturated heterocycles. The highest BCUT2D eigenvalue weighted by atomic mass is 16.4. The van der Waals surface area contributed by atoms with Crippen LogP contribution < -0.4 is 0 Å². The predicted molar refractivity (Wildman–Crippen MR) is 112 cm³/mol. The van der Waals surface area contributed by atoms with E-state index in [2.05, 4.69) is 52.0 Å². The molecule has 2 nitrogen and oxygen atoms in total. The maximum absolute atomic E-state index is 13.1. The van der Waals surface area contributed by atoms with Crippen molar-refractivity contribution < 1.29 is 9.90 Å². The Morgan fingerprint density at radius 3 is 2.26 bits per heavy atom. The number of carboxylic acid groups (broad SMARTS) is 1. The van der Waals surface area contributed by atoms with Crippen LogP contribution in [0.3, 0.4) is 0 Å². The first kappa shape index (κ1) is 20.4. The second-order valence-corrected chi connectivity index (χ2v) is 9.65. The molecule has 150 valence electrons. The number of hydrogen-bond acceptors (Lipinski definition) is 1. The van der Waals surface area contributed by atoms with Crippen LogP contribution >= 0.6 is 0 Å². The van der Waals surface area contributed by atoms with E-state index in [4.69, 9.17) is 0 Å². The number of rotatable bonds is 6. The Morgan fingerprint density at radius 2 is 1.78 bits per heavy atom. The molecule has 2 saturated carbocycles. The van der Waals surface area contributed by atoms with Crippen LogP contribution in [-0.4, -0.2) is 11.1 Å². The molecule has 0 aliphatic heterocycles. The average molecular weight is 371 g/mol. The van der Waals surface area contributed by atoms with Gasteiger partial charge in [0.2, 0.25) is 0 Å². The molecule has 0 spiro atoms. The van der Waals surface area contributed by atoms with Gasteiger partial charge in [-0.15, -0.1) is 0 Å². The highest BCUT2D eigenvalue weighted by Crippen LogP contribution is 2.63. The van der Waals surface area contributed by atoms with Gasteiger partial charge in [-0.05, 0) is 66.4 Å². The Morgan fingerprint density at radius 1 is 1.15 bits per heavy atom. The molecule has 1 aromatic rings. The van der Waals surface area contributed by atoms with Crippen molar-refractivity contribution >= 4 is 5.97 Å². The first-order valence-corrected chi connectivity index (χ1v) is 11.2. The van der Waals surface area contributed by atoms with E-state index >= 15 is 0 Å². The molecule has 3 atom stereocenters. The topological polar surface area (TPSA) is 37.3 Å². The maximum atomic E-state index is 13.1. The predicted octanol–water partition coefficient (Wildman–Crippen LogP) is 6.61. The average Bonchev–Trinajstić information content (AvgIpc) is 3.13. The summed E-state index contributed by atoms with van der Waals surface area (Å²) < 4.78 is 0. The summed E-state index contributed by atoms with van der Waals surface area (Å²) in [5, 5.41) is 10.8. The van der Waals surface area contributed by atoms with Gasteiger partial charge in [-0.25, -0.2) is 0 Å². The van der Waals surface area contributed by atoms with Crippen molar-refractivity contribution in [1.82, 2.24) is 0 Å². The number of aliphatic carboxylic acids is 1. The Labute approximate surface area is 165 Å². The quantitative estimate of drug-likeness (QED) is 0.611. The summed E-state index contributed by atoms with van der Waals surface area (Å²) >= 11 is 0. The van der Waals surface area contributed by atoms with E-state index < -0.39 is 11.4 Å². The van der Waals surface area contributed by atoms with Gasteiger partial charge in [0.1, 0.15) is 5.41 Å². The Hall–Kier alpha value is -1.31. The zero-order chi connectivity index (χ0) is 19.7. The van der Waals surface area contributed by atoms with E-state index in [1.54, 1.807) is 0 Å². The SMILES string of the molecule is CCc1ccc([C@](C(=O)O)(C(C)C)C2(C3CCCC(C)C3)CCCC2)cc1. The summed E-state index contributed by atoms with van der Waals surface area (Å²) in [7, 11) is 0. The van der Waals surface area contributed by atoms with Crippen LogP contribution in [0.4, 0.5) is 0 Å². The normalized spacial score (nSPS) is 27.4. The first-order chi connectivity index (χ1) is 12.9. The molecule has 0 heterocycles. The van der Waals surface area contributed by atoms with E-state index in [0.29, 0.717) is 5.92 Å².